The van der Waals surface area contributed by atoms with Gasteiger partial charge < -0.3 is 9.47 Å². The third kappa shape index (κ3) is 3.71. The number of carbonyl (C=O) groups excluding carboxylic acids is 1. The number of ether oxygens (including phenoxy) is 2. The number of benzene rings is 3. The largest absolute Gasteiger partial charge is 0.497 e. The second-order valence-electron chi connectivity index (χ2n) is 7.52. The lowest BCUT2D eigenvalue weighted by molar-refractivity contribution is -0.00447. The summed E-state index contributed by atoms with van der Waals surface area (Å²) in [5.74, 6) is 0.979. The van der Waals surface area contributed by atoms with Gasteiger partial charge in [0.1, 0.15) is 11.5 Å². The molecule has 3 aromatic carbocycles. The molecule has 5 rings (SSSR count). The fourth-order valence-corrected chi connectivity index (χ4v) is 4.68. The molecule has 32 heavy (non-hydrogen) atoms. The van der Waals surface area contributed by atoms with Crippen molar-refractivity contribution in [2.45, 2.75) is 18.7 Å². The molecule has 2 atom stereocenters. The molecule has 0 saturated heterocycles. The van der Waals surface area contributed by atoms with E-state index in [9.17, 15) is 4.79 Å². The fraction of sp³-hybridized carbons (Fsp3) is 0.167. The van der Waals surface area contributed by atoms with E-state index in [0.717, 1.165) is 22.6 Å². The number of halogens is 3. The zero-order chi connectivity index (χ0) is 22.4. The van der Waals surface area contributed by atoms with E-state index in [1.54, 1.807) is 42.5 Å². The minimum absolute atomic E-state index is 0.233. The van der Waals surface area contributed by atoms with E-state index in [0.29, 0.717) is 32.8 Å². The number of rotatable bonds is 4. The minimum atomic E-state index is -0.969. The van der Waals surface area contributed by atoms with Crippen LogP contribution in [0.2, 0.25) is 15.1 Å². The first-order chi connectivity index (χ1) is 15.4. The molecule has 0 spiro atoms. The molecule has 2 heterocycles. The van der Waals surface area contributed by atoms with Gasteiger partial charge in [-0.1, -0.05) is 34.8 Å². The summed E-state index contributed by atoms with van der Waals surface area (Å²) in [4.78, 5) is 13.4. The number of ketones is 1. The Morgan fingerprint density at radius 1 is 1.03 bits per heavy atom. The molecule has 0 aliphatic carbocycles. The topological polar surface area (TPSA) is 51.1 Å². The van der Waals surface area contributed by atoms with Crippen LogP contribution >= 0.6 is 34.8 Å². The Morgan fingerprint density at radius 3 is 2.44 bits per heavy atom. The van der Waals surface area contributed by atoms with Crippen molar-refractivity contribution >= 4 is 46.3 Å². The summed E-state index contributed by atoms with van der Waals surface area (Å²) in [6.07, 6.45) is -0.396. The molecule has 0 aromatic heterocycles. The molecule has 0 bridgehead atoms. The molecule has 0 unspecified atom stereocenters. The first kappa shape index (κ1) is 21.1. The van der Waals surface area contributed by atoms with Crippen LogP contribution in [-0.2, 0) is 0 Å². The van der Waals surface area contributed by atoms with Gasteiger partial charge in [-0.25, -0.2) is 5.01 Å². The van der Waals surface area contributed by atoms with Gasteiger partial charge in [0.05, 0.1) is 23.9 Å². The number of hydrogen-bond donors (Lipinski definition) is 0. The third-order valence-corrected chi connectivity index (χ3v) is 6.34. The molecular formula is C24H17Cl3N2O3. The van der Waals surface area contributed by atoms with Gasteiger partial charge in [0.2, 0.25) is 5.78 Å². The van der Waals surface area contributed by atoms with Crippen molar-refractivity contribution in [3.05, 3.63) is 92.4 Å². The van der Waals surface area contributed by atoms with E-state index in [2.05, 4.69) is 0 Å². The number of nitrogens with zero attached hydrogens (tertiary/aromatic N) is 2. The summed E-state index contributed by atoms with van der Waals surface area (Å²) in [5.41, 5.74) is 3.04. The molecule has 0 radical (unpaired) electrons. The maximum atomic E-state index is 13.4. The highest BCUT2D eigenvalue weighted by Gasteiger charge is 2.44. The van der Waals surface area contributed by atoms with Crippen molar-refractivity contribution in [2.75, 3.05) is 7.11 Å². The van der Waals surface area contributed by atoms with Gasteiger partial charge in [0, 0.05) is 27.6 Å². The average Bonchev–Trinajstić information content (AvgIpc) is 3.25. The number of Topliss-reactive ketones (excluding diaryl/α,β-unsaturated/α-hetero) is 1. The number of methoxy groups -OCH3 is 1. The van der Waals surface area contributed by atoms with Crippen LogP contribution in [0.1, 0.15) is 33.9 Å². The molecule has 0 N–H and O–H groups in total. The highest BCUT2D eigenvalue weighted by molar-refractivity contribution is 6.35. The zero-order valence-corrected chi connectivity index (χ0v) is 19.2. The summed E-state index contributed by atoms with van der Waals surface area (Å²) in [5, 5.41) is 7.90. The van der Waals surface area contributed by atoms with Crippen molar-refractivity contribution in [1.29, 1.82) is 0 Å². The van der Waals surface area contributed by atoms with Gasteiger partial charge in [-0.3, -0.25) is 4.79 Å². The lowest BCUT2D eigenvalue weighted by atomic mass is 9.95. The lowest BCUT2D eigenvalue weighted by Gasteiger charge is -2.37. The Bertz CT molecular complexity index is 1230. The van der Waals surface area contributed by atoms with E-state index in [4.69, 9.17) is 49.4 Å². The van der Waals surface area contributed by atoms with Gasteiger partial charge in [-0.05, 0) is 66.2 Å². The Hall–Kier alpha value is -2.73. The second kappa shape index (κ2) is 8.32. The van der Waals surface area contributed by atoms with E-state index in [-0.39, 0.29) is 11.8 Å². The molecule has 0 fully saturated rings. The van der Waals surface area contributed by atoms with Gasteiger partial charge in [-0.15, -0.1) is 0 Å². The minimum Gasteiger partial charge on any atom is -0.497 e. The Balaban J connectivity index is 1.57. The average molecular weight is 488 g/mol. The van der Waals surface area contributed by atoms with Crippen LogP contribution in [0, 0.1) is 0 Å². The maximum absolute atomic E-state index is 13.4. The van der Waals surface area contributed by atoms with Gasteiger partial charge in [0.25, 0.3) is 6.23 Å². The van der Waals surface area contributed by atoms with Crippen molar-refractivity contribution in [1.82, 2.24) is 5.01 Å². The number of carbonyl (C=O) groups is 1. The van der Waals surface area contributed by atoms with Crippen molar-refractivity contribution < 1.29 is 14.3 Å². The van der Waals surface area contributed by atoms with Gasteiger partial charge >= 0.3 is 0 Å². The summed E-state index contributed by atoms with van der Waals surface area (Å²) < 4.78 is 11.4. The van der Waals surface area contributed by atoms with Crippen LogP contribution in [0.5, 0.6) is 11.5 Å². The van der Waals surface area contributed by atoms with Gasteiger partial charge in [-0.2, -0.15) is 5.10 Å². The highest BCUT2D eigenvalue weighted by Crippen LogP contribution is 2.47. The number of hydrogen-bond acceptors (Lipinski definition) is 5. The van der Waals surface area contributed by atoms with E-state index in [1.807, 2.05) is 30.3 Å². The number of hydrazone groups is 1. The van der Waals surface area contributed by atoms with Crippen molar-refractivity contribution in [2.24, 2.45) is 5.10 Å². The normalized spacial score (nSPS) is 19.0. The monoisotopic (exact) mass is 486 g/mol. The number of fused-ring (bicyclic) bond motifs is 3. The first-order valence-electron chi connectivity index (χ1n) is 9.90. The summed E-state index contributed by atoms with van der Waals surface area (Å²) in [7, 11) is 1.62. The van der Waals surface area contributed by atoms with Crippen LogP contribution in [0.4, 0.5) is 0 Å². The summed E-state index contributed by atoms with van der Waals surface area (Å²) in [6, 6.07) is 17.5. The first-order valence-corrected chi connectivity index (χ1v) is 11.0. The van der Waals surface area contributed by atoms with Crippen LogP contribution in [0.15, 0.2) is 65.8 Å². The summed E-state index contributed by atoms with van der Waals surface area (Å²) in [6.45, 7) is 0. The standard InChI is InChI=1S/C24H17Cl3N2O3/c1-31-17-8-4-13(5-9-17)20-12-21-18-10-16(26)11-19(27)23(18)32-24(29(21)28-20)22(30)14-2-6-15(25)7-3-14/h2-11,21,24H,12H2,1H3/t21-,24+/m0/s1. The Labute approximate surface area is 200 Å². The van der Waals surface area contributed by atoms with Crippen LogP contribution < -0.4 is 9.47 Å². The van der Waals surface area contributed by atoms with Gasteiger partial charge in [0.15, 0.2) is 0 Å². The predicted molar refractivity (Wildman–Crippen MR) is 125 cm³/mol. The molecule has 0 amide bonds. The molecule has 2 aliphatic rings. The Kier molecular flexibility index (Phi) is 5.49. The molecule has 8 heteroatoms. The molecule has 5 nitrogen and oxygen atoms in total. The molecule has 3 aromatic rings. The van der Waals surface area contributed by atoms with Crippen molar-refractivity contribution in [3.63, 3.8) is 0 Å². The molecule has 0 saturated carbocycles. The van der Waals surface area contributed by atoms with E-state index < -0.39 is 6.23 Å². The fourth-order valence-electron chi connectivity index (χ4n) is 4.00. The van der Waals surface area contributed by atoms with Crippen LogP contribution in [0.25, 0.3) is 0 Å². The highest BCUT2D eigenvalue weighted by atomic mass is 35.5. The molecule has 2 aliphatic heterocycles. The maximum Gasteiger partial charge on any atom is 0.251 e. The quantitative estimate of drug-likeness (QED) is 0.399. The predicted octanol–water partition coefficient (Wildman–Crippen LogP) is 6.41. The molecular weight excluding hydrogens is 471 g/mol. The van der Waals surface area contributed by atoms with Crippen LogP contribution in [0.3, 0.4) is 0 Å². The third-order valence-electron chi connectivity index (χ3n) is 5.58. The van der Waals surface area contributed by atoms with E-state index >= 15 is 0 Å². The summed E-state index contributed by atoms with van der Waals surface area (Å²) >= 11 is 18.7. The SMILES string of the molecule is COc1ccc(C2=NN3[C@@H](C(=O)c4ccc(Cl)cc4)Oc4c(Cl)cc(Cl)cc4[C@@H]3C2)cc1. The lowest BCUT2D eigenvalue weighted by Crippen LogP contribution is -2.46. The smallest absolute Gasteiger partial charge is 0.251 e. The van der Waals surface area contributed by atoms with E-state index in [1.165, 1.54) is 0 Å². The van der Waals surface area contributed by atoms with Crippen molar-refractivity contribution in [3.8, 4) is 11.5 Å². The molecule has 162 valence electrons. The second-order valence-corrected chi connectivity index (χ2v) is 8.80. The Morgan fingerprint density at radius 2 is 1.75 bits per heavy atom. The zero-order valence-electron chi connectivity index (χ0n) is 16.9. The van der Waals surface area contributed by atoms with Crippen LogP contribution in [-0.4, -0.2) is 29.8 Å².